The zero-order chi connectivity index (χ0) is 29.0. The number of nitrogens with zero attached hydrogens (tertiary/aromatic N) is 1. The van der Waals surface area contributed by atoms with Gasteiger partial charge in [-0.25, -0.2) is 0 Å². The predicted octanol–water partition coefficient (Wildman–Crippen LogP) is 10.0. The summed E-state index contributed by atoms with van der Waals surface area (Å²) in [6.45, 7) is 5.53. The van der Waals surface area contributed by atoms with E-state index in [-0.39, 0.29) is 11.3 Å². The molecule has 2 aliphatic carbocycles. The first-order valence-corrected chi connectivity index (χ1v) is 15.4. The third-order valence-electron chi connectivity index (χ3n) is 9.70. The van der Waals surface area contributed by atoms with Gasteiger partial charge in [-0.05, 0) is 97.8 Å². The minimum Gasteiger partial charge on any atom is -0.293 e. The second kappa shape index (κ2) is 10.1. The van der Waals surface area contributed by atoms with Crippen LogP contribution < -0.4 is 0 Å². The molecule has 1 heterocycles. The fourth-order valence-electron chi connectivity index (χ4n) is 7.69. The van der Waals surface area contributed by atoms with Crippen LogP contribution in [0.3, 0.4) is 0 Å². The lowest BCUT2D eigenvalue weighted by Crippen LogP contribution is -2.17. The van der Waals surface area contributed by atoms with E-state index in [9.17, 15) is 0 Å². The van der Waals surface area contributed by atoms with Crippen molar-refractivity contribution in [1.29, 1.82) is 0 Å². The fourth-order valence-corrected chi connectivity index (χ4v) is 7.69. The van der Waals surface area contributed by atoms with Crippen molar-refractivity contribution in [2.45, 2.75) is 38.0 Å². The monoisotopic (exact) mass is 551 g/mol. The van der Waals surface area contributed by atoms with Gasteiger partial charge in [0.05, 0.1) is 0 Å². The fraction of sp³-hybridized carbons (Fsp3) is 0.167. The number of rotatable bonds is 3. The Morgan fingerprint density at radius 3 is 2.47 bits per heavy atom. The van der Waals surface area contributed by atoms with Crippen molar-refractivity contribution in [3.8, 4) is 33.4 Å². The molecule has 0 aromatic heterocycles. The average Bonchev–Trinajstić information content (AvgIpc) is 3.27. The average molecular weight is 552 g/mol. The molecule has 43 heavy (non-hydrogen) atoms. The van der Waals surface area contributed by atoms with Crippen LogP contribution in [0.4, 0.5) is 0 Å². The van der Waals surface area contributed by atoms with E-state index in [4.69, 9.17) is 0 Å². The van der Waals surface area contributed by atoms with Gasteiger partial charge in [0.1, 0.15) is 0 Å². The van der Waals surface area contributed by atoms with E-state index in [0.717, 1.165) is 19.4 Å². The summed E-state index contributed by atoms with van der Waals surface area (Å²) in [5, 5.41) is 0. The molecule has 0 bridgehead atoms. The van der Waals surface area contributed by atoms with E-state index in [1.807, 2.05) is 18.4 Å². The highest BCUT2D eigenvalue weighted by molar-refractivity contribution is 5.89. The maximum absolute atomic E-state index is 4.56. The first-order valence-electron chi connectivity index (χ1n) is 15.4. The van der Waals surface area contributed by atoms with Gasteiger partial charge < -0.3 is 0 Å². The van der Waals surface area contributed by atoms with Gasteiger partial charge in [0.15, 0.2) is 0 Å². The molecule has 1 aliphatic heterocycles. The third-order valence-corrected chi connectivity index (χ3v) is 9.70. The van der Waals surface area contributed by atoms with Crippen molar-refractivity contribution < 1.29 is 0 Å². The van der Waals surface area contributed by atoms with Gasteiger partial charge in [0, 0.05) is 29.7 Å². The normalized spacial score (nSPS) is 20.1. The van der Waals surface area contributed by atoms with E-state index >= 15 is 0 Å². The molecule has 0 amide bonds. The van der Waals surface area contributed by atoms with Gasteiger partial charge in [-0.1, -0.05) is 123 Å². The van der Waals surface area contributed by atoms with Gasteiger partial charge in [0.25, 0.3) is 0 Å². The van der Waals surface area contributed by atoms with Crippen LogP contribution in [0.5, 0.6) is 0 Å². The predicted molar refractivity (Wildman–Crippen MR) is 180 cm³/mol. The molecular weight excluding hydrogens is 518 g/mol. The summed E-state index contributed by atoms with van der Waals surface area (Å²) in [5.41, 5.74) is 17.3. The van der Waals surface area contributed by atoms with E-state index < -0.39 is 0 Å². The molecular formula is C42H33N. The first kappa shape index (κ1) is 25.8. The second-order valence-corrected chi connectivity index (χ2v) is 12.4. The number of aliphatic imine (C=N–C) groups is 1. The second-order valence-electron chi connectivity index (χ2n) is 12.4. The number of benzene rings is 4. The molecule has 0 saturated heterocycles. The molecule has 3 aliphatic rings. The van der Waals surface area contributed by atoms with Crippen molar-refractivity contribution in [1.82, 2.24) is 0 Å². The summed E-state index contributed by atoms with van der Waals surface area (Å²) < 4.78 is 0. The molecule has 0 fully saturated rings. The Bertz CT molecular complexity index is 1980. The van der Waals surface area contributed by atoms with Gasteiger partial charge in [-0.15, -0.1) is 0 Å². The minimum atomic E-state index is -0.134. The van der Waals surface area contributed by atoms with Crippen LogP contribution in [0.25, 0.3) is 39.0 Å². The van der Waals surface area contributed by atoms with Crippen LogP contribution >= 0.6 is 0 Å². The van der Waals surface area contributed by atoms with Gasteiger partial charge >= 0.3 is 0 Å². The van der Waals surface area contributed by atoms with Gasteiger partial charge in [-0.2, -0.15) is 0 Å². The molecule has 5 aromatic carbocycles. The van der Waals surface area contributed by atoms with Gasteiger partial charge in [0.2, 0.25) is 0 Å². The van der Waals surface area contributed by atoms with E-state index in [2.05, 4.69) is 134 Å². The Hall–Kier alpha value is -4.93. The van der Waals surface area contributed by atoms with Crippen LogP contribution in [0.2, 0.25) is 0 Å². The quantitative estimate of drug-likeness (QED) is 0.212. The van der Waals surface area contributed by atoms with Crippen LogP contribution in [0.15, 0.2) is 120 Å². The van der Waals surface area contributed by atoms with Crippen molar-refractivity contribution in [2.24, 2.45) is 4.99 Å². The summed E-state index contributed by atoms with van der Waals surface area (Å²) in [4.78, 5) is 4.56. The van der Waals surface area contributed by atoms with Crippen molar-refractivity contribution in [3.05, 3.63) is 161 Å². The SMILES string of the molecule is CC1(C)c2ccc#cc2-c2cccc(-c3ccc(/C4=C/C=C\C=N/CC4)cc3C3Cc4ccccc4-c4ccccc43)c21. The highest BCUT2D eigenvalue weighted by atomic mass is 14.7. The molecule has 0 N–H and O–H groups in total. The molecule has 5 aromatic rings. The molecule has 0 saturated carbocycles. The Morgan fingerprint density at radius 1 is 0.744 bits per heavy atom. The number of hydrogen-bond donors (Lipinski definition) is 0. The van der Waals surface area contributed by atoms with Crippen LogP contribution in [-0.4, -0.2) is 12.8 Å². The van der Waals surface area contributed by atoms with Crippen LogP contribution in [0, 0.1) is 12.1 Å². The highest BCUT2D eigenvalue weighted by Gasteiger charge is 2.38. The molecule has 1 unspecified atom stereocenters. The van der Waals surface area contributed by atoms with Gasteiger partial charge in [-0.3, -0.25) is 4.99 Å². The summed E-state index contributed by atoms with van der Waals surface area (Å²) in [6.07, 6.45) is 10.2. The minimum absolute atomic E-state index is 0.134. The largest absolute Gasteiger partial charge is 0.293 e. The van der Waals surface area contributed by atoms with Crippen molar-refractivity contribution in [2.75, 3.05) is 6.54 Å². The number of fused-ring (bicyclic) bond motifs is 6. The molecule has 8 rings (SSSR count). The third kappa shape index (κ3) is 4.13. The maximum atomic E-state index is 4.56. The van der Waals surface area contributed by atoms with Crippen molar-refractivity contribution >= 4 is 11.8 Å². The molecule has 206 valence electrons. The molecule has 0 radical (unpaired) electrons. The molecule has 1 nitrogen and oxygen atoms in total. The van der Waals surface area contributed by atoms with E-state index in [0.29, 0.717) is 0 Å². The smallest absolute Gasteiger partial charge is 0.0429 e. The molecule has 0 spiro atoms. The lowest BCUT2D eigenvalue weighted by Gasteiger charge is -2.31. The number of hydrogen-bond acceptors (Lipinski definition) is 1. The lowest BCUT2D eigenvalue weighted by atomic mass is 9.72. The molecule has 1 heteroatoms. The Morgan fingerprint density at radius 2 is 1.53 bits per heavy atom. The molecule has 1 atom stereocenters. The topological polar surface area (TPSA) is 12.4 Å². The van der Waals surface area contributed by atoms with Crippen LogP contribution in [0.1, 0.15) is 59.6 Å². The van der Waals surface area contributed by atoms with E-state index in [1.54, 1.807) is 0 Å². The highest BCUT2D eigenvalue weighted by Crippen LogP contribution is 2.53. The summed E-state index contributed by atoms with van der Waals surface area (Å²) >= 11 is 0. The standard InChI is InChI=1S/C42H33N/c1-42(2)40-20-8-7-17-35(40)37-19-11-18-36(41(37)42)34-22-21-29(28-12-9-10-24-43-25-23-28)26-38(34)39-27-30-13-3-4-14-31(30)32-15-5-6-16-33(32)39/h3-6,8-16,18-22,24,26,39H,23,25,27H2,1-2H3/b10-9-,28-12+,43-24-. The Kier molecular flexibility index (Phi) is 6.06. The van der Waals surface area contributed by atoms with E-state index in [1.165, 1.54) is 72.3 Å². The zero-order valence-electron chi connectivity index (χ0n) is 24.7. The summed E-state index contributed by atoms with van der Waals surface area (Å²) in [6, 6.07) is 42.9. The first-order chi connectivity index (χ1) is 21.1. The van der Waals surface area contributed by atoms with Crippen LogP contribution in [-0.2, 0) is 11.8 Å². The Balaban J connectivity index is 1.38. The summed E-state index contributed by atoms with van der Waals surface area (Å²) in [5.74, 6) is 0.242. The summed E-state index contributed by atoms with van der Waals surface area (Å²) in [7, 11) is 0. The number of allylic oxidation sites excluding steroid dienone is 3. The lowest BCUT2D eigenvalue weighted by molar-refractivity contribution is 0.662. The van der Waals surface area contributed by atoms with Crippen molar-refractivity contribution in [3.63, 3.8) is 0 Å². The zero-order valence-corrected chi connectivity index (χ0v) is 24.7. The maximum Gasteiger partial charge on any atom is 0.0429 e. The Labute approximate surface area is 255 Å².